The van der Waals surface area contributed by atoms with E-state index >= 15 is 0 Å². The fourth-order valence-electron chi connectivity index (χ4n) is 2.22. The van der Waals surface area contributed by atoms with Crippen LogP contribution in [-0.2, 0) is 13.0 Å². The van der Waals surface area contributed by atoms with Gasteiger partial charge < -0.3 is 14.9 Å². The molecule has 0 aromatic carbocycles. The highest BCUT2D eigenvalue weighted by Crippen LogP contribution is 2.20. The van der Waals surface area contributed by atoms with Crippen molar-refractivity contribution in [3.8, 4) is 0 Å². The summed E-state index contributed by atoms with van der Waals surface area (Å²) >= 11 is 0. The molecule has 0 aliphatic carbocycles. The Morgan fingerprint density at radius 1 is 1.44 bits per heavy atom. The fourth-order valence-corrected chi connectivity index (χ4v) is 2.22. The maximum Gasteiger partial charge on any atom is 0.225 e. The van der Waals surface area contributed by atoms with Gasteiger partial charge in [-0.1, -0.05) is 0 Å². The summed E-state index contributed by atoms with van der Waals surface area (Å²) in [6, 6.07) is 0. The number of aliphatic hydroxyl groups is 1. The predicted molar refractivity (Wildman–Crippen MR) is 60.3 cm³/mol. The van der Waals surface area contributed by atoms with E-state index in [0.717, 1.165) is 25.5 Å². The van der Waals surface area contributed by atoms with E-state index in [2.05, 4.69) is 21.9 Å². The van der Waals surface area contributed by atoms with E-state index in [-0.39, 0.29) is 6.10 Å². The Bertz CT molecular complexity index is 403. The summed E-state index contributed by atoms with van der Waals surface area (Å²) in [4.78, 5) is 13.2. The Labute approximate surface area is 94.7 Å². The van der Waals surface area contributed by atoms with E-state index in [1.807, 2.05) is 11.1 Å². The molecule has 1 saturated heterocycles. The summed E-state index contributed by atoms with van der Waals surface area (Å²) in [5.74, 6) is 0.772. The Balaban J connectivity index is 1.82. The first-order chi connectivity index (χ1) is 7.72. The van der Waals surface area contributed by atoms with Crippen LogP contribution in [0.25, 0.3) is 0 Å². The molecular formula is C11H16N4O. The molecule has 0 unspecified atom stereocenters. The van der Waals surface area contributed by atoms with Gasteiger partial charge >= 0.3 is 0 Å². The topological polar surface area (TPSA) is 52.5 Å². The number of anilines is 1. The molecule has 86 valence electrons. The zero-order chi connectivity index (χ0) is 11.1. The second kappa shape index (κ2) is 3.68. The molecule has 2 aliphatic heterocycles. The van der Waals surface area contributed by atoms with E-state index in [4.69, 9.17) is 0 Å². The van der Waals surface area contributed by atoms with Gasteiger partial charge in [-0.2, -0.15) is 0 Å². The zero-order valence-corrected chi connectivity index (χ0v) is 9.43. The molecule has 5 heteroatoms. The van der Waals surface area contributed by atoms with E-state index in [9.17, 15) is 5.11 Å². The van der Waals surface area contributed by atoms with Gasteiger partial charge in [0.15, 0.2) is 0 Å². The lowest BCUT2D eigenvalue weighted by atomic mass is 10.1. The normalized spacial score (nSPS) is 21.8. The second-order valence-corrected chi connectivity index (χ2v) is 4.69. The molecule has 1 aromatic heterocycles. The molecule has 2 aliphatic rings. The predicted octanol–water partition coefficient (Wildman–Crippen LogP) is -0.355. The molecule has 1 fully saturated rings. The summed E-state index contributed by atoms with van der Waals surface area (Å²) in [5.41, 5.74) is 2.41. The summed E-state index contributed by atoms with van der Waals surface area (Å²) < 4.78 is 0. The number of fused-ring (bicyclic) bond motifs is 1. The first-order valence-corrected chi connectivity index (χ1v) is 5.69. The maximum absolute atomic E-state index is 9.25. The van der Waals surface area contributed by atoms with Gasteiger partial charge in [0.1, 0.15) is 0 Å². The van der Waals surface area contributed by atoms with Gasteiger partial charge in [-0.25, -0.2) is 9.97 Å². The van der Waals surface area contributed by atoms with Crippen LogP contribution >= 0.6 is 0 Å². The van der Waals surface area contributed by atoms with Crippen LogP contribution in [0.1, 0.15) is 11.3 Å². The number of nitrogens with zero attached hydrogens (tertiary/aromatic N) is 4. The van der Waals surface area contributed by atoms with Crippen LogP contribution in [0.4, 0.5) is 5.95 Å². The van der Waals surface area contributed by atoms with Crippen LogP contribution < -0.4 is 4.90 Å². The van der Waals surface area contributed by atoms with Crippen molar-refractivity contribution >= 4 is 5.95 Å². The number of likely N-dealkylation sites (N-methyl/N-ethyl adjacent to an activating group) is 1. The van der Waals surface area contributed by atoms with Gasteiger partial charge in [0.25, 0.3) is 0 Å². The number of rotatable bonds is 1. The minimum Gasteiger partial charge on any atom is -0.389 e. The van der Waals surface area contributed by atoms with Crippen molar-refractivity contribution < 1.29 is 5.11 Å². The third-order valence-corrected chi connectivity index (χ3v) is 3.26. The van der Waals surface area contributed by atoms with Gasteiger partial charge in [0.2, 0.25) is 5.95 Å². The van der Waals surface area contributed by atoms with Crippen molar-refractivity contribution in [3.63, 3.8) is 0 Å². The van der Waals surface area contributed by atoms with Gasteiger partial charge in [-0.15, -0.1) is 0 Å². The molecular weight excluding hydrogens is 204 g/mol. The van der Waals surface area contributed by atoms with Crippen LogP contribution in [0.5, 0.6) is 0 Å². The van der Waals surface area contributed by atoms with Crippen molar-refractivity contribution in [1.29, 1.82) is 0 Å². The van der Waals surface area contributed by atoms with Gasteiger partial charge in [-0.05, 0) is 7.05 Å². The summed E-state index contributed by atoms with van der Waals surface area (Å²) in [5, 5.41) is 9.25. The van der Waals surface area contributed by atoms with Crippen LogP contribution in [0.3, 0.4) is 0 Å². The lowest BCUT2D eigenvalue weighted by molar-refractivity contribution is 0.140. The van der Waals surface area contributed by atoms with Crippen molar-refractivity contribution in [2.45, 2.75) is 19.1 Å². The molecule has 0 bridgehead atoms. The molecule has 0 amide bonds. The third-order valence-electron chi connectivity index (χ3n) is 3.26. The third kappa shape index (κ3) is 1.66. The summed E-state index contributed by atoms with van der Waals surface area (Å²) in [7, 11) is 2.11. The number of aliphatic hydroxyl groups excluding tert-OH is 1. The highest BCUT2D eigenvalue weighted by molar-refractivity contribution is 5.37. The molecule has 0 atom stereocenters. The standard InChI is InChI=1S/C11H16N4O/c1-14-3-2-10-8(5-14)4-12-11(13-10)15-6-9(16)7-15/h4,9,16H,2-3,5-7H2,1H3. The molecule has 0 radical (unpaired) electrons. The van der Waals surface area contributed by atoms with Crippen LogP contribution in [0.2, 0.25) is 0 Å². The van der Waals surface area contributed by atoms with Gasteiger partial charge in [0.05, 0.1) is 11.8 Å². The zero-order valence-electron chi connectivity index (χ0n) is 9.43. The number of β-amino-alcohol motifs (C(OH)–C–C–N with tert-alkyl or cyclic N) is 1. The van der Waals surface area contributed by atoms with Gasteiger partial charge in [-0.3, -0.25) is 0 Å². The van der Waals surface area contributed by atoms with Crippen molar-refractivity contribution in [3.05, 3.63) is 17.5 Å². The Morgan fingerprint density at radius 3 is 3.00 bits per heavy atom. The van der Waals surface area contributed by atoms with Crippen LogP contribution in [0, 0.1) is 0 Å². The molecule has 3 heterocycles. The number of hydrogen-bond donors (Lipinski definition) is 1. The minimum atomic E-state index is -0.203. The lowest BCUT2D eigenvalue weighted by Gasteiger charge is -2.36. The lowest BCUT2D eigenvalue weighted by Crippen LogP contribution is -2.51. The quantitative estimate of drug-likeness (QED) is 0.701. The monoisotopic (exact) mass is 220 g/mol. The average Bonchev–Trinajstić information content (AvgIpc) is 2.24. The SMILES string of the molecule is CN1CCc2nc(N3CC(O)C3)ncc2C1. The Morgan fingerprint density at radius 2 is 2.25 bits per heavy atom. The first-order valence-electron chi connectivity index (χ1n) is 5.69. The number of aromatic nitrogens is 2. The molecule has 1 aromatic rings. The van der Waals surface area contributed by atoms with E-state index in [1.165, 1.54) is 11.3 Å². The fraction of sp³-hybridized carbons (Fsp3) is 0.636. The van der Waals surface area contributed by atoms with E-state index in [1.54, 1.807) is 0 Å². The van der Waals surface area contributed by atoms with E-state index in [0.29, 0.717) is 13.1 Å². The highest BCUT2D eigenvalue weighted by Gasteiger charge is 2.27. The van der Waals surface area contributed by atoms with E-state index < -0.39 is 0 Å². The molecule has 16 heavy (non-hydrogen) atoms. The first kappa shape index (κ1) is 9.99. The minimum absolute atomic E-state index is 0.203. The van der Waals surface area contributed by atoms with Crippen LogP contribution in [-0.4, -0.2) is 52.8 Å². The average molecular weight is 220 g/mol. The molecule has 0 spiro atoms. The Kier molecular flexibility index (Phi) is 2.29. The van der Waals surface area contributed by atoms with Crippen molar-refractivity contribution in [1.82, 2.24) is 14.9 Å². The van der Waals surface area contributed by atoms with Crippen LogP contribution in [0.15, 0.2) is 6.20 Å². The van der Waals surface area contributed by atoms with Gasteiger partial charge in [0, 0.05) is 44.4 Å². The molecule has 5 nitrogen and oxygen atoms in total. The van der Waals surface area contributed by atoms with Crippen molar-refractivity contribution in [2.24, 2.45) is 0 Å². The van der Waals surface area contributed by atoms with Crippen molar-refractivity contribution in [2.75, 3.05) is 31.6 Å². The maximum atomic E-state index is 9.25. The molecule has 0 saturated carbocycles. The second-order valence-electron chi connectivity index (χ2n) is 4.69. The summed E-state index contributed by atoms with van der Waals surface area (Å²) in [6.07, 6.45) is 2.72. The smallest absolute Gasteiger partial charge is 0.225 e. The summed E-state index contributed by atoms with van der Waals surface area (Å²) in [6.45, 7) is 3.34. The highest BCUT2D eigenvalue weighted by atomic mass is 16.3. The largest absolute Gasteiger partial charge is 0.389 e. The molecule has 1 N–H and O–H groups in total. The molecule has 3 rings (SSSR count). The Hall–Kier alpha value is -1.20. The number of hydrogen-bond acceptors (Lipinski definition) is 5.